The van der Waals surface area contributed by atoms with Crippen molar-refractivity contribution in [1.82, 2.24) is 5.32 Å². The largest absolute Gasteiger partial charge is 0.491 e. The Morgan fingerprint density at radius 2 is 1.30 bits per heavy atom. The van der Waals surface area contributed by atoms with E-state index in [1.165, 1.54) is 0 Å². The SMILES string of the molecule is CCC(=O)Nc1ccc(C(CCNC[C@H](O)COc2ccccc2)c2ccc(NC(=O)CC)cc2)cc1. The van der Waals surface area contributed by atoms with Gasteiger partial charge in [-0.2, -0.15) is 0 Å². The first kappa shape index (κ1) is 27.9. The van der Waals surface area contributed by atoms with Crippen molar-refractivity contribution in [3.8, 4) is 5.75 Å². The highest BCUT2D eigenvalue weighted by atomic mass is 16.5. The summed E-state index contributed by atoms with van der Waals surface area (Å²) in [5, 5.41) is 19.4. The Labute approximate surface area is 219 Å². The predicted octanol–water partition coefficient (Wildman–Crippen LogP) is 4.94. The van der Waals surface area contributed by atoms with Crippen LogP contribution in [0.5, 0.6) is 5.75 Å². The van der Waals surface area contributed by atoms with Crippen molar-refractivity contribution in [3.05, 3.63) is 90.0 Å². The normalized spacial score (nSPS) is 11.7. The molecule has 37 heavy (non-hydrogen) atoms. The van der Waals surface area contributed by atoms with Gasteiger partial charge in [0.2, 0.25) is 11.8 Å². The number of nitrogens with one attached hydrogen (secondary N) is 3. The van der Waals surface area contributed by atoms with Crippen LogP contribution in [0.3, 0.4) is 0 Å². The van der Waals surface area contributed by atoms with Crippen LogP contribution in [0.1, 0.15) is 50.2 Å². The number of hydrogen-bond donors (Lipinski definition) is 4. The highest BCUT2D eigenvalue weighted by Gasteiger charge is 2.15. The maximum absolute atomic E-state index is 11.7. The number of hydrogen-bond acceptors (Lipinski definition) is 5. The van der Waals surface area contributed by atoms with Crippen LogP contribution in [0.15, 0.2) is 78.9 Å². The number of carbonyl (C=O) groups is 2. The van der Waals surface area contributed by atoms with Gasteiger partial charge in [-0.25, -0.2) is 0 Å². The van der Waals surface area contributed by atoms with Crippen molar-refractivity contribution in [2.75, 3.05) is 30.3 Å². The average molecular weight is 504 g/mol. The molecule has 196 valence electrons. The van der Waals surface area contributed by atoms with Gasteiger partial charge in [-0.3, -0.25) is 9.59 Å². The number of benzene rings is 3. The molecule has 0 spiro atoms. The zero-order chi connectivity index (χ0) is 26.5. The van der Waals surface area contributed by atoms with E-state index in [2.05, 4.69) is 16.0 Å². The van der Waals surface area contributed by atoms with E-state index in [1.54, 1.807) is 0 Å². The number of para-hydroxylation sites is 1. The quantitative estimate of drug-likeness (QED) is 0.234. The van der Waals surface area contributed by atoms with Crippen molar-refractivity contribution >= 4 is 23.2 Å². The Kier molecular flexibility index (Phi) is 11.1. The molecule has 0 unspecified atom stereocenters. The summed E-state index contributed by atoms with van der Waals surface area (Å²) in [6.07, 6.45) is 1.04. The molecular weight excluding hydrogens is 466 g/mol. The highest BCUT2D eigenvalue weighted by molar-refractivity contribution is 5.91. The number of aliphatic hydroxyl groups is 1. The van der Waals surface area contributed by atoms with Gasteiger partial charge in [-0.15, -0.1) is 0 Å². The molecule has 0 aliphatic carbocycles. The van der Waals surface area contributed by atoms with Gasteiger partial charge in [-0.05, 0) is 60.5 Å². The number of ether oxygens (including phenoxy) is 1. The summed E-state index contributed by atoms with van der Waals surface area (Å²) in [4.78, 5) is 23.5. The Balaban J connectivity index is 1.62. The Morgan fingerprint density at radius 3 is 1.78 bits per heavy atom. The van der Waals surface area contributed by atoms with Gasteiger partial charge in [0, 0.05) is 36.7 Å². The Bertz CT molecular complexity index is 1040. The molecule has 1 atom stereocenters. The molecule has 4 N–H and O–H groups in total. The van der Waals surface area contributed by atoms with Gasteiger partial charge in [0.15, 0.2) is 0 Å². The van der Waals surface area contributed by atoms with Crippen LogP contribution in [0.4, 0.5) is 11.4 Å². The number of aliphatic hydroxyl groups excluding tert-OH is 1. The van der Waals surface area contributed by atoms with Gasteiger partial charge in [0.05, 0.1) is 0 Å². The van der Waals surface area contributed by atoms with E-state index in [0.717, 1.165) is 34.7 Å². The molecule has 0 bridgehead atoms. The summed E-state index contributed by atoms with van der Waals surface area (Å²) in [5.41, 5.74) is 3.78. The third-order valence-corrected chi connectivity index (χ3v) is 6.01. The second kappa shape index (κ2) is 14.8. The molecule has 0 aliphatic heterocycles. The van der Waals surface area contributed by atoms with E-state index in [0.29, 0.717) is 25.9 Å². The third kappa shape index (κ3) is 9.37. The maximum Gasteiger partial charge on any atom is 0.224 e. The minimum absolute atomic E-state index is 0.0204. The molecule has 2 amide bonds. The van der Waals surface area contributed by atoms with Crippen LogP contribution < -0.4 is 20.7 Å². The average Bonchev–Trinajstić information content (AvgIpc) is 2.93. The van der Waals surface area contributed by atoms with Crippen LogP contribution >= 0.6 is 0 Å². The van der Waals surface area contributed by atoms with Crippen LogP contribution in [0.2, 0.25) is 0 Å². The highest BCUT2D eigenvalue weighted by Crippen LogP contribution is 2.30. The van der Waals surface area contributed by atoms with Gasteiger partial charge in [0.1, 0.15) is 18.5 Å². The minimum Gasteiger partial charge on any atom is -0.491 e. The van der Waals surface area contributed by atoms with Crippen molar-refractivity contribution in [3.63, 3.8) is 0 Å². The first-order valence-corrected chi connectivity index (χ1v) is 12.8. The molecule has 0 heterocycles. The molecule has 7 heteroatoms. The molecule has 3 aromatic carbocycles. The molecule has 0 aromatic heterocycles. The van der Waals surface area contributed by atoms with Gasteiger partial charge < -0.3 is 25.8 Å². The lowest BCUT2D eigenvalue weighted by Crippen LogP contribution is -2.32. The molecule has 0 saturated heterocycles. The second-order valence-electron chi connectivity index (χ2n) is 8.87. The molecule has 0 radical (unpaired) electrons. The van der Waals surface area contributed by atoms with Gasteiger partial charge >= 0.3 is 0 Å². The first-order valence-electron chi connectivity index (χ1n) is 12.8. The molecule has 3 aromatic rings. The third-order valence-electron chi connectivity index (χ3n) is 6.01. The monoisotopic (exact) mass is 503 g/mol. The van der Waals surface area contributed by atoms with Crippen LogP contribution in [0, 0.1) is 0 Å². The summed E-state index contributed by atoms with van der Waals surface area (Å²) in [7, 11) is 0. The lowest BCUT2D eigenvalue weighted by atomic mass is 9.88. The fourth-order valence-electron chi connectivity index (χ4n) is 3.91. The zero-order valence-electron chi connectivity index (χ0n) is 21.6. The number of carbonyl (C=O) groups excluding carboxylic acids is 2. The van der Waals surface area contributed by atoms with Crippen molar-refractivity contribution in [2.24, 2.45) is 0 Å². The van der Waals surface area contributed by atoms with Crippen LogP contribution in [-0.2, 0) is 9.59 Å². The fourth-order valence-corrected chi connectivity index (χ4v) is 3.91. The van der Waals surface area contributed by atoms with E-state index >= 15 is 0 Å². The van der Waals surface area contributed by atoms with Crippen molar-refractivity contribution < 1.29 is 19.4 Å². The molecule has 3 rings (SSSR count). The van der Waals surface area contributed by atoms with E-state index in [1.807, 2.05) is 92.7 Å². The van der Waals surface area contributed by atoms with Crippen molar-refractivity contribution in [2.45, 2.75) is 45.1 Å². The fraction of sp³-hybridized carbons (Fsp3) is 0.333. The van der Waals surface area contributed by atoms with E-state index in [-0.39, 0.29) is 24.3 Å². The van der Waals surface area contributed by atoms with Crippen molar-refractivity contribution in [1.29, 1.82) is 0 Å². The summed E-state index contributed by atoms with van der Waals surface area (Å²) < 4.78 is 5.63. The predicted molar refractivity (Wildman–Crippen MR) is 148 cm³/mol. The van der Waals surface area contributed by atoms with Crippen LogP contribution in [-0.4, -0.2) is 42.7 Å². The summed E-state index contributed by atoms with van der Waals surface area (Å²) in [5.74, 6) is 0.789. The van der Waals surface area contributed by atoms with E-state index < -0.39 is 6.10 Å². The maximum atomic E-state index is 11.7. The zero-order valence-corrected chi connectivity index (χ0v) is 21.6. The topological polar surface area (TPSA) is 99.7 Å². The molecule has 7 nitrogen and oxygen atoms in total. The lowest BCUT2D eigenvalue weighted by Gasteiger charge is -2.20. The minimum atomic E-state index is -0.624. The smallest absolute Gasteiger partial charge is 0.224 e. The van der Waals surface area contributed by atoms with E-state index in [4.69, 9.17) is 4.74 Å². The molecular formula is C30H37N3O4. The first-order chi connectivity index (χ1) is 18.0. The Hall–Kier alpha value is -3.68. The van der Waals surface area contributed by atoms with Gasteiger partial charge in [0.25, 0.3) is 0 Å². The molecule has 0 fully saturated rings. The number of anilines is 2. The Morgan fingerprint density at radius 1 is 0.784 bits per heavy atom. The number of rotatable bonds is 14. The van der Waals surface area contributed by atoms with Crippen LogP contribution in [0.25, 0.3) is 0 Å². The summed E-state index contributed by atoms with van der Waals surface area (Å²) in [6.45, 7) is 4.98. The summed E-state index contributed by atoms with van der Waals surface area (Å²) >= 11 is 0. The van der Waals surface area contributed by atoms with E-state index in [9.17, 15) is 14.7 Å². The van der Waals surface area contributed by atoms with Gasteiger partial charge in [-0.1, -0.05) is 56.3 Å². The summed E-state index contributed by atoms with van der Waals surface area (Å²) in [6, 6.07) is 25.3. The second-order valence-corrected chi connectivity index (χ2v) is 8.87. The molecule has 0 aliphatic rings. The number of amides is 2. The molecule has 0 saturated carbocycles. The standard InChI is InChI=1S/C30H37N3O4/c1-3-29(35)32-24-14-10-22(11-15-24)28(23-12-16-25(17-13-23)33-30(36)4-2)18-19-31-20-26(34)21-37-27-8-6-5-7-9-27/h5-17,26,28,31,34H,3-4,18-21H2,1-2H3,(H,32,35)(H,33,36)/t26-/m0/s1. The lowest BCUT2D eigenvalue weighted by molar-refractivity contribution is -0.116.